The predicted molar refractivity (Wildman–Crippen MR) is 126 cm³/mol. The average Bonchev–Trinajstić information content (AvgIpc) is 2.78. The van der Waals surface area contributed by atoms with Crippen molar-refractivity contribution in [2.75, 3.05) is 19.0 Å². The molecular weight excluding hydrogens is 404 g/mol. The average molecular weight is 435 g/mol. The van der Waals surface area contributed by atoms with E-state index in [1.54, 1.807) is 19.2 Å². The number of carbonyl (C=O) groups is 1. The van der Waals surface area contributed by atoms with Gasteiger partial charge in [-0.2, -0.15) is 0 Å². The van der Waals surface area contributed by atoms with Gasteiger partial charge in [-0.15, -0.1) is 0 Å². The number of ether oxygens (including phenoxy) is 3. The van der Waals surface area contributed by atoms with Crippen LogP contribution in [0.3, 0.4) is 0 Å². The van der Waals surface area contributed by atoms with Crippen LogP contribution < -0.4 is 14.8 Å². The molecule has 1 unspecified atom stereocenters. The maximum Gasteiger partial charge on any atom is 0.257 e. The van der Waals surface area contributed by atoms with Crippen LogP contribution in [0.25, 0.3) is 0 Å². The van der Waals surface area contributed by atoms with Crippen molar-refractivity contribution in [3.05, 3.63) is 77.6 Å². The summed E-state index contributed by atoms with van der Waals surface area (Å²) < 4.78 is 16.9. The normalized spacial score (nSPS) is 11.6. The van der Waals surface area contributed by atoms with Crippen LogP contribution in [-0.4, -0.2) is 30.7 Å². The second-order valence-corrected chi connectivity index (χ2v) is 7.59. The van der Waals surface area contributed by atoms with Gasteiger partial charge in [-0.25, -0.2) is 0 Å². The molecule has 6 heteroatoms. The van der Waals surface area contributed by atoms with Crippen LogP contribution in [0.2, 0.25) is 0 Å². The molecule has 0 bridgehead atoms. The van der Waals surface area contributed by atoms with Crippen LogP contribution in [0.1, 0.15) is 42.0 Å². The molecule has 0 saturated heterocycles. The first-order valence-corrected chi connectivity index (χ1v) is 10.8. The Bertz CT molecular complexity index is 1050. The number of amides is 1. The van der Waals surface area contributed by atoms with E-state index < -0.39 is 0 Å². The number of aryl methyl sites for hydroxylation is 1. The Morgan fingerprint density at radius 3 is 2.47 bits per heavy atom. The van der Waals surface area contributed by atoms with E-state index in [4.69, 9.17) is 14.2 Å². The molecule has 2 aromatic carbocycles. The lowest BCUT2D eigenvalue weighted by molar-refractivity contribution is 0.102. The second-order valence-electron chi connectivity index (χ2n) is 7.59. The van der Waals surface area contributed by atoms with Crippen molar-refractivity contribution in [3.63, 3.8) is 0 Å². The van der Waals surface area contributed by atoms with Gasteiger partial charge in [0.1, 0.15) is 17.2 Å². The summed E-state index contributed by atoms with van der Waals surface area (Å²) in [6.07, 6.45) is 1.71. The lowest BCUT2D eigenvalue weighted by Crippen LogP contribution is -2.16. The van der Waals surface area contributed by atoms with Gasteiger partial charge in [0.15, 0.2) is 0 Å². The number of hydrogen-bond acceptors (Lipinski definition) is 5. The van der Waals surface area contributed by atoms with E-state index in [-0.39, 0.29) is 12.0 Å². The molecule has 1 aromatic heterocycles. The first-order chi connectivity index (χ1) is 15.5. The number of methoxy groups -OCH3 is 1. The number of anilines is 1. The van der Waals surface area contributed by atoms with E-state index in [0.29, 0.717) is 41.5 Å². The fourth-order valence-electron chi connectivity index (χ4n) is 3.16. The highest BCUT2D eigenvalue weighted by Crippen LogP contribution is 2.27. The van der Waals surface area contributed by atoms with Crippen molar-refractivity contribution in [1.29, 1.82) is 0 Å². The van der Waals surface area contributed by atoms with E-state index in [2.05, 4.69) is 17.2 Å². The molecule has 168 valence electrons. The van der Waals surface area contributed by atoms with Gasteiger partial charge in [-0.3, -0.25) is 9.78 Å². The third-order valence-corrected chi connectivity index (χ3v) is 4.89. The highest BCUT2D eigenvalue weighted by molar-refractivity contribution is 6.05. The van der Waals surface area contributed by atoms with Gasteiger partial charge in [0, 0.05) is 37.0 Å². The van der Waals surface area contributed by atoms with Gasteiger partial charge < -0.3 is 19.5 Å². The smallest absolute Gasteiger partial charge is 0.257 e. The zero-order chi connectivity index (χ0) is 22.9. The minimum atomic E-state index is -0.214. The molecule has 32 heavy (non-hydrogen) atoms. The number of carbonyl (C=O) groups excluding carboxylic acids is 1. The molecule has 0 aliphatic rings. The quantitative estimate of drug-likeness (QED) is 0.437. The van der Waals surface area contributed by atoms with Gasteiger partial charge in [0.2, 0.25) is 0 Å². The summed E-state index contributed by atoms with van der Waals surface area (Å²) in [5.74, 6) is 1.84. The number of nitrogens with zero attached hydrogens (tertiary/aromatic N) is 1. The molecule has 0 radical (unpaired) electrons. The molecular formula is C26H30N2O4. The molecule has 0 aliphatic heterocycles. The summed E-state index contributed by atoms with van der Waals surface area (Å²) in [6, 6.07) is 18.5. The molecule has 1 amide bonds. The number of benzene rings is 2. The van der Waals surface area contributed by atoms with Crippen molar-refractivity contribution >= 4 is 11.6 Å². The van der Waals surface area contributed by atoms with Crippen molar-refractivity contribution in [2.45, 2.75) is 39.7 Å². The molecule has 3 rings (SSSR count). The van der Waals surface area contributed by atoms with Crippen LogP contribution in [0, 0.1) is 6.92 Å². The van der Waals surface area contributed by atoms with Crippen LogP contribution >= 0.6 is 0 Å². The number of rotatable bonds is 10. The molecule has 1 N–H and O–H groups in total. The maximum absolute atomic E-state index is 12.8. The Morgan fingerprint density at radius 1 is 1.03 bits per heavy atom. The Kier molecular flexibility index (Phi) is 8.22. The largest absolute Gasteiger partial charge is 0.493 e. The first-order valence-electron chi connectivity index (χ1n) is 10.8. The van der Waals surface area contributed by atoms with Crippen molar-refractivity contribution in [3.8, 4) is 17.2 Å². The van der Waals surface area contributed by atoms with Gasteiger partial charge >= 0.3 is 0 Å². The highest BCUT2D eigenvalue weighted by Gasteiger charge is 2.13. The minimum absolute atomic E-state index is 0.0724. The summed E-state index contributed by atoms with van der Waals surface area (Å²) in [5, 5.41) is 2.93. The summed E-state index contributed by atoms with van der Waals surface area (Å²) in [4.78, 5) is 17.4. The molecule has 0 aliphatic carbocycles. The van der Waals surface area contributed by atoms with Gasteiger partial charge in [0.05, 0.1) is 24.0 Å². The fraction of sp³-hybridized carbons (Fsp3) is 0.308. The van der Waals surface area contributed by atoms with Crippen molar-refractivity contribution < 1.29 is 19.0 Å². The van der Waals surface area contributed by atoms with Crippen LogP contribution in [0.4, 0.5) is 5.69 Å². The van der Waals surface area contributed by atoms with Gasteiger partial charge in [-0.05, 0) is 56.7 Å². The molecule has 0 spiro atoms. The standard InChI is InChI=1S/C26H30N2O4/c1-5-14-31-22-9-7-11-24(17-22)32-23-10-6-8-20(16-23)28-26(29)25-13-12-21(27-19(25)3)15-18(2)30-4/h6-13,16-18H,5,14-15H2,1-4H3,(H,28,29). The van der Waals surface area contributed by atoms with Crippen LogP contribution in [0.15, 0.2) is 60.7 Å². The number of nitrogens with one attached hydrogen (secondary N) is 1. The summed E-state index contributed by atoms with van der Waals surface area (Å²) in [6.45, 7) is 6.55. The third-order valence-electron chi connectivity index (χ3n) is 4.89. The maximum atomic E-state index is 12.8. The molecule has 6 nitrogen and oxygen atoms in total. The topological polar surface area (TPSA) is 69.7 Å². The van der Waals surface area contributed by atoms with Crippen molar-refractivity contribution in [1.82, 2.24) is 4.98 Å². The summed E-state index contributed by atoms with van der Waals surface area (Å²) in [7, 11) is 1.67. The molecule has 1 atom stereocenters. The number of pyridine rings is 1. The van der Waals surface area contributed by atoms with E-state index in [1.807, 2.05) is 62.4 Å². The second kappa shape index (κ2) is 11.3. The van der Waals surface area contributed by atoms with Gasteiger partial charge in [-0.1, -0.05) is 19.1 Å². The van der Waals surface area contributed by atoms with Crippen LogP contribution in [-0.2, 0) is 11.2 Å². The number of aromatic nitrogens is 1. The van der Waals surface area contributed by atoms with Crippen molar-refractivity contribution in [2.24, 2.45) is 0 Å². The SMILES string of the molecule is CCCOc1cccc(Oc2cccc(NC(=O)c3ccc(CC(C)OC)nc3C)c2)c1. The lowest BCUT2D eigenvalue weighted by atomic mass is 10.1. The minimum Gasteiger partial charge on any atom is -0.493 e. The Balaban J connectivity index is 1.67. The predicted octanol–water partition coefficient (Wildman–Crippen LogP) is 5.80. The van der Waals surface area contributed by atoms with Gasteiger partial charge in [0.25, 0.3) is 5.91 Å². The number of hydrogen-bond donors (Lipinski definition) is 1. The molecule has 3 aromatic rings. The zero-order valence-electron chi connectivity index (χ0n) is 19.1. The van der Waals surface area contributed by atoms with E-state index in [1.165, 1.54) is 0 Å². The first kappa shape index (κ1) is 23.3. The fourth-order valence-corrected chi connectivity index (χ4v) is 3.16. The molecule has 0 fully saturated rings. The Morgan fingerprint density at radius 2 is 1.75 bits per heavy atom. The summed E-state index contributed by atoms with van der Waals surface area (Å²) >= 11 is 0. The summed E-state index contributed by atoms with van der Waals surface area (Å²) in [5.41, 5.74) is 2.75. The highest BCUT2D eigenvalue weighted by atomic mass is 16.5. The molecule has 1 heterocycles. The lowest BCUT2D eigenvalue weighted by Gasteiger charge is -2.12. The third kappa shape index (κ3) is 6.56. The van der Waals surface area contributed by atoms with E-state index in [0.717, 1.165) is 17.9 Å². The van der Waals surface area contributed by atoms with Crippen LogP contribution in [0.5, 0.6) is 17.2 Å². The molecule has 0 saturated carbocycles. The Labute approximate surface area is 189 Å². The Hall–Kier alpha value is -3.38. The zero-order valence-corrected chi connectivity index (χ0v) is 19.1. The van der Waals surface area contributed by atoms with E-state index >= 15 is 0 Å². The van der Waals surface area contributed by atoms with E-state index in [9.17, 15) is 4.79 Å². The monoisotopic (exact) mass is 434 g/mol.